The first-order valence-corrected chi connectivity index (χ1v) is 9.84. The summed E-state index contributed by atoms with van der Waals surface area (Å²) in [7, 11) is 0. The maximum Gasteiger partial charge on any atom is 0.260 e. The minimum atomic E-state index is -0.239. The average molecular weight is 398 g/mol. The molecule has 1 heterocycles. The second kappa shape index (κ2) is 9.18. The topological polar surface area (TPSA) is 49.9 Å². The van der Waals surface area contributed by atoms with Crippen LogP contribution in [-0.2, 0) is 11.3 Å². The Morgan fingerprint density at radius 3 is 2.55 bits per heavy atom. The molecular formula is C23H27FN2O3. The van der Waals surface area contributed by atoms with Crippen molar-refractivity contribution < 1.29 is 18.7 Å². The van der Waals surface area contributed by atoms with Crippen LogP contribution < -0.4 is 4.74 Å². The molecule has 1 aliphatic heterocycles. The standard InChI is InChI=1S/C23H27FN2O3/c1-16-5-4-6-20(14-27)23(16)29-15-22(28)26-12-17(2)25(11-18(26)3)13-19-7-9-21(24)10-8-19/h4-10,14,17-18H,11-13,15H2,1-3H3/t17-,18+/m1/s1. The molecule has 0 spiro atoms. The third-order valence-corrected chi connectivity index (χ3v) is 5.44. The molecule has 0 aromatic heterocycles. The number of hydrogen-bond donors (Lipinski definition) is 0. The molecule has 5 nitrogen and oxygen atoms in total. The van der Waals surface area contributed by atoms with E-state index >= 15 is 0 Å². The van der Waals surface area contributed by atoms with Crippen LogP contribution in [0.2, 0.25) is 0 Å². The summed E-state index contributed by atoms with van der Waals surface area (Å²) in [5.41, 5.74) is 2.32. The molecule has 1 amide bonds. The first-order chi connectivity index (χ1) is 13.9. The van der Waals surface area contributed by atoms with Crippen molar-refractivity contribution in [3.8, 4) is 5.75 Å². The van der Waals surface area contributed by atoms with E-state index < -0.39 is 0 Å². The Balaban J connectivity index is 1.60. The van der Waals surface area contributed by atoms with Crippen LogP contribution in [-0.4, -0.2) is 53.8 Å². The molecule has 1 saturated heterocycles. The Labute approximate surface area is 171 Å². The van der Waals surface area contributed by atoms with Crippen molar-refractivity contribution in [2.24, 2.45) is 0 Å². The molecule has 154 valence electrons. The summed E-state index contributed by atoms with van der Waals surface area (Å²) in [5.74, 6) is 0.134. The highest BCUT2D eigenvalue weighted by Crippen LogP contribution is 2.23. The Morgan fingerprint density at radius 2 is 1.86 bits per heavy atom. The molecule has 2 atom stereocenters. The van der Waals surface area contributed by atoms with E-state index in [0.717, 1.165) is 30.5 Å². The number of carbonyl (C=O) groups is 2. The first-order valence-electron chi connectivity index (χ1n) is 9.84. The summed E-state index contributed by atoms with van der Waals surface area (Å²) < 4.78 is 18.8. The van der Waals surface area contributed by atoms with Gasteiger partial charge in [0.15, 0.2) is 12.9 Å². The van der Waals surface area contributed by atoms with E-state index in [4.69, 9.17) is 4.74 Å². The number of para-hydroxylation sites is 1. The molecular weight excluding hydrogens is 371 g/mol. The third kappa shape index (κ3) is 5.01. The molecule has 1 aliphatic rings. The summed E-state index contributed by atoms with van der Waals surface area (Å²) in [6, 6.07) is 12.1. The van der Waals surface area contributed by atoms with Crippen LogP contribution in [0.4, 0.5) is 4.39 Å². The summed E-state index contributed by atoms with van der Waals surface area (Å²) in [6.45, 7) is 7.91. The zero-order chi connectivity index (χ0) is 21.0. The molecule has 0 saturated carbocycles. The van der Waals surface area contributed by atoms with Gasteiger partial charge in [-0.3, -0.25) is 14.5 Å². The van der Waals surface area contributed by atoms with Gasteiger partial charge >= 0.3 is 0 Å². The molecule has 29 heavy (non-hydrogen) atoms. The Bertz CT molecular complexity index is 869. The molecule has 2 aromatic rings. The van der Waals surface area contributed by atoms with Gasteiger partial charge in [0.25, 0.3) is 5.91 Å². The van der Waals surface area contributed by atoms with Crippen LogP contribution in [0.25, 0.3) is 0 Å². The Hall–Kier alpha value is -2.73. The predicted octanol–water partition coefficient (Wildman–Crippen LogP) is 3.45. The number of piperazine rings is 1. The van der Waals surface area contributed by atoms with E-state index in [1.165, 1.54) is 12.1 Å². The van der Waals surface area contributed by atoms with Crippen LogP contribution in [0, 0.1) is 12.7 Å². The molecule has 0 bridgehead atoms. The smallest absolute Gasteiger partial charge is 0.260 e. The lowest BCUT2D eigenvalue weighted by atomic mass is 10.1. The number of benzene rings is 2. The van der Waals surface area contributed by atoms with Gasteiger partial charge in [-0.1, -0.05) is 24.3 Å². The van der Waals surface area contributed by atoms with E-state index in [0.29, 0.717) is 17.9 Å². The van der Waals surface area contributed by atoms with Crippen LogP contribution in [0.3, 0.4) is 0 Å². The highest BCUT2D eigenvalue weighted by molar-refractivity contribution is 5.81. The highest BCUT2D eigenvalue weighted by atomic mass is 19.1. The number of aldehydes is 1. The number of carbonyl (C=O) groups excluding carboxylic acids is 2. The third-order valence-electron chi connectivity index (χ3n) is 5.44. The lowest BCUT2D eigenvalue weighted by molar-refractivity contribution is -0.139. The van der Waals surface area contributed by atoms with Crippen molar-refractivity contribution in [3.05, 3.63) is 65.0 Å². The summed E-state index contributed by atoms with van der Waals surface area (Å²) in [4.78, 5) is 28.2. The summed E-state index contributed by atoms with van der Waals surface area (Å²) in [6.07, 6.45) is 0.742. The van der Waals surface area contributed by atoms with E-state index in [1.54, 1.807) is 24.3 Å². The molecule has 2 aromatic carbocycles. The van der Waals surface area contributed by atoms with Gasteiger partial charge in [0, 0.05) is 31.7 Å². The molecule has 1 fully saturated rings. The lowest BCUT2D eigenvalue weighted by Crippen LogP contribution is -2.58. The molecule has 0 unspecified atom stereocenters. The van der Waals surface area contributed by atoms with E-state index in [1.807, 2.05) is 24.8 Å². The second-order valence-electron chi connectivity index (χ2n) is 7.70. The number of nitrogens with zero attached hydrogens (tertiary/aromatic N) is 2. The molecule has 0 N–H and O–H groups in total. The van der Waals surface area contributed by atoms with Gasteiger partial charge in [0.05, 0.1) is 5.56 Å². The SMILES string of the molecule is Cc1cccc(C=O)c1OCC(=O)N1C[C@@H](C)N(Cc2ccc(F)cc2)C[C@@H]1C. The number of halogens is 1. The van der Waals surface area contributed by atoms with Gasteiger partial charge < -0.3 is 9.64 Å². The number of rotatable bonds is 6. The van der Waals surface area contributed by atoms with E-state index in [2.05, 4.69) is 11.8 Å². The highest BCUT2D eigenvalue weighted by Gasteiger charge is 2.32. The maximum atomic E-state index is 13.1. The quantitative estimate of drug-likeness (QED) is 0.700. The van der Waals surface area contributed by atoms with Gasteiger partial charge in [-0.25, -0.2) is 4.39 Å². The van der Waals surface area contributed by atoms with Gasteiger partial charge in [-0.2, -0.15) is 0 Å². The van der Waals surface area contributed by atoms with Gasteiger partial charge in [-0.15, -0.1) is 0 Å². The predicted molar refractivity (Wildman–Crippen MR) is 110 cm³/mol. The van der Waals surface area contributed by atoms with Crippen LogP contribution >= 0.6 is 0 Å². The molecule has 3 rings (SSSR count). The molecule has 0 aliphatic carbocycles. The van der Waals surface area contributed by atoms with Crippen molar-refractivity contribution in [1.29, 1.82) is 0 Å². The lowest BCUT2D eigenvalue weighted by Gasteiger charge is -2.44. The zero-order valence-corrected chi connectivity index (χ0v) is 17.1. The van der Waals surface area contributed by atoms with Crippen molar-refractivity contribution >= 4 is 12.2 Å². The zero-order valence-electron chi connectivity index (χ0n) is 17.1. The minimum Gasteiger partial charge on any atom is -0.483 e. The molecule has 6 heteroatoms. The van der Waals surface area contributed by atoms with Gasteiger partial charge in [0.2, 0.25) is 0 Å². The van der Waals surface area contributed by atoms with Crippen LogP contribution in [0.1, 0.15) is 35.3 Å². The van der Waals surface area contributed by atoms with Crippen LogP contribution in [0.15, 0.2) is 42.5 Å². The fraction of sp³-hybridized carbons (Fsp3) is 0.391. The average Bonchev–Trinajstić information content (AvgIpc) is 2.70. The molecule has 0 radical (unpaired) electrons. The minimum absolute atomic E-state index is 0.0326. The van der Waals surface area contributed by atoms with Crippen LogP contribution in [0.5, 0.6) is 5.75 Å². The maximum absolute atomic E-state index is 13.1. The fourth-order valence-corrected chi connectivity index (χ4v) is 3.77. The van der Waals surface area contributed by atoms with Crippen molar-refractivity contribution in [2.75, 3.05) is 19.7 Å². The van der Waals surface area contributed by atoms with Crippen molar-refractivity contribution in [3.63, 3.8) is 0 Å². The largest absolute Gasteiger partial charge is 0.483 e. The monoisotopic (exact) mass is 398 g/mol. The Morgan fingerprint density at radius 1 is 1.14 bits per heavy atom. The van der Waals surface area contributed by atoms with E-state index in [9.17, 15) is 14.0 Å². The number of aryl methyl sites for hydroxylation is 1. The number of hydrogen-bond acceptors (Lipinski definition) is 4. The van der Waals surface area contributed by atoms with Crippen molar-refractivity contribution in [2.45, 2.75) is 39.4 Å². The number of ether oxygens (including phenoxy) is 1. The normalized spacial score (nSPS) is 19.8. The Kier molecular flexibility index (Phi) is 6.64. The fourth-order valence-electron chi connectivity index (χ4n) is 3.77. The van der Waals surface area contributed by atoms with Gasteiger partial charge in [-0.05, 0) is 50.1 Å². The van der Waals surface area contributed by atoms with Gasteiger partial charge in [0.1, 0.15) is 11.6 Å². The van der Waals surface area contributed by atoms with E-state index in [-0.39, 0.29) is 30.4 Å². The first kappa shape index (κ1) is 21.0. The van der Waals surface area contributed by atoms with Crippen molar-refractivity contribution in [1.82, 2.24) is 9.80 Å². The summed E-state index contributed by atoms with van der Waals surface area (Å²) in [5, 5.41) is 0. The number of amides is 1. The summed E-state index contributed by atoms with van der Waals surface area (Å²) >= 11 is 0. The second-order valence-corrected chi connectivity index (χ2v) is 7.70.